The Morgan fingerprint density at radius 2 is 1.81 bits per heavy atom. The van der Waals surface area contributed by atoms with Crippen molar-refractivity contribution in [1.82, 2.24) is 10.0 Å². The third-order valence-corrected chi connectivity index (χ3v) is 4.41. The van der Waals surface area contributed by atoms with Gasteiger partial charge >= 0.3 is 0 Å². The minimum atomic E-state index is -3.73. The molecule has 1 rings (SSSR count). The van der Waals surface area contributed by atoms with Gasteiger partial charge in [0.15, 0.2) is 0 Å². The number of aliphatic hydroxyl groups excluding tert-OH is 1. The molecule has 0 fully saturated rings. The molecule has 0 aliphatic carbocycles. The maximum atomic E-state index is 12.2. The highest BCUT2D eigenvalue weighted by atomic mass is 32.2. The van der Waals surface area contributed by atoms with Crippen LogP contribution in [0.1, 0.15) is 46.8 Å². The molecule has 0 aromatic carbocycles. The molecule has 0 saturated heterocycles. The molecule has 21 heavy (non-hydrogen) atoms. The monoisotopic (exact) mass is 318 g/mol. The lowest BCUT2D eigenvalue weighted by Gasteiger charge is -2.24. The van der Waals surface area contributed by atoms with Gasteiger partial charge < -0.3 is 14.8 Å². The lowest BCUT2D eigenvalue weighted by Crippen LogP contribution is -2.43. The summed E-state index contributed by atoms with van der Waals surface area (Å²) in [5.74, 6) is 0.560. The van der Waals surface area contributed by atoms with Crippen molar-refractivity contribution < 1.29 is 17.9 Å². The molecule has 0 saturated carbocycles. The number of sulfonamides is 1. The van der Waals surface area contributed by atoms with E-state index >= 15 is 0 Å². The number of hydrogen-bond acceptors (Lipinski definition) is 5. The van der Waals surface area contributed by atoms with E-state index in [1.165, 1.54) is 6.07 Å². The SMILES string of the molecule is CC(C)(C)NCc1ccc(S(=O)(=O)NC(C)(C)CCO)o1. The number of furan rings is 1. The van der Waals surface area contributed by atoms with Gasteiger partial charge in [-0.2, -0.15) is 0 Å². The van der Waals surface area contributed by atoms with Crippen LogP contribution in [0.2, 0.25) is 0 Å². The van der Waals surface area contributed by atoms with Crippen LogP contribution in [0.3, 0.4) is 0 Å². The standard InChI is InChI=1S/C14H26N2O4S/c1-13(2,3)15-10-11-6-7-12(20-11)21(18,19)16-14(4,5)8-9-17/h6-7,15-17H,8-10H2,1-5H3. The molecule has 0 amide bonds. The summed E-state index contributed by atoms with van der Waals surface area (Å²) in [6.45, 7) is 9.86. The van der Waals surface area contributed by atoms with Crippen LogP contribution in [0.25, 0.3) is 0 Å². The van der Waals surface area contributed by atoms with Gasteiger partial charge in [0.05, 0.1) is 6.54 Å². The molecule has 1 aromatic heterocycles. The fourth-order valence-corrected chi connectivity index (χ4v) is 3.09. The maximum absolute atomic E-state index is 12.2. The van der Waals surface area contributed by atoms with Crippen LogP contribution in [-0.4, -0.2) is 31.2 Å². The molecule has 0 radical (unpaired) electrons. The Labute approximate surface area is 127 Å². The molecule has 0 unspecified atom stereocenters. The van der Waals surface area contributed by atoms with Gasteiger partial charge in [0, 0.05) is 17.7 Å². The summed E-state index contributed by atoms with van der Waals surface area (Å²) in [6.07, 6.45) is 0.325. The van der Waals surface area contributed by atoms with Crippen molar-refractivity contribution in [3.8, 4) is 0 Å². The zero-order valence-corrected chi connectivity index (χ0v) is 14.2. The Morgan fingerprint density at radius 3 is 2.33 bits per heavy atom. The summed E-state index contributed by atoms with van der Waals surface area (Å²) < 4.78 is 32.4. The highest BCUT2D eigenvalue weighted by Gasteiger charge is 2.28. The van der Waals surface area contributed by atoms with Crippen molar-refractivity contribution in [3.05, 3.63) is 17.9 Å². The fourth-order valence-electron chi connectivity index (χ4n) is 1.69. The van der Waals surface area contributed by atoms with Crippen LogP contribution in [0.4, 0.5) is 0 Å². The first-order valence-electron chi connectivity index (χ1n) is 6.94. The molecule has 3 N–H and O–H groups in total. The summed E-state index contributed by atoms with van der Waals surface area (Å²) in [4.78, 5) is 0. The number of aliphatic hydroxyl groups is 1. The topological polar surface area (TPSA) is 91.6 Å². The molecular formula is C14H26N2O4S. The van der Waals surface area contributed by atoms with Gasteiger partial charge in [0.2, 0.25) is 5.09 Å². The van der Waals surface area contributed by atoms with Crippen molar-refractivity contribution in [2.45, 2.75) is 63.8 Å². The average molecular weight is 318 g/mol. The summed E-state index contributed by atoms with van der Waals surface area (Å²) in [5, 5.41) is 12.1. The molecule has 7 heteroatoms. The zero-order chi connectivity index (χ0) is 16.3. The van der Waals surface area contributed by atoms with Crippen LogP contribution >= 0.6 is 0 Å². The van der Waals surface area contributed by atoms with E-state index in [4.69, 9.17) is 9.52 Å². The largest absolute Gasteiger partial charge is 0.447 e. The average Bonchev–Trinajstić information content (AvgIpc) is 2.72. The fraction of sp³-hybridized carbons (Fsp3) is 0.714. The van der Waals surface area contributed by atoms with Gasteiger partial charge in [-0.15, -0.1) is 0 Å². The molecule has 1 heterocycles. The van der Waals surface area contributed by atoms with Gasteiger partial charge in [-0.25, -0.2) is 13.1 Å². The second kappa shape index (κ2) is 6.48. The number of rotatable bonds is 7. The van der Waals surface area contributed by atoms with Crippen molar-refractivity contribution >= 4 is 10.0 Å². The second-order valence-electron chi connectivity index (χ2n) is 6.79. The minimum absolute atomic E-state index is 0.0762. The van der Waals surface area contributed by atoms with E-state index in [0.717, 1.165) is 0 Å². The molecule has 0 spiro atoms. The number of hydrogen-bond donors (Lipinski definition) is 3. The van der Waals surface area contributed by atoms with Crippen LogP contribution < -0.4 is 10.0 Å². The summed E-state index contributed by atoms with van der Waals surface area (Å²) in [6, 6.07) is 3.09. The maximum Gasteiger partial charge on any atom is 0.274 e. The van der Waals surface area contributed by atoms with E-state index in [9.17, 15) is 8.42 Å². The lowest BCUT2D eigenvalue weighted by atomic mass is 10.0. The van der Waals surface area contributed by atoms with E-state index in [1.807, 2.05) is 20.8 Å². The summed E-state index contributed by atoms with van der Waals surface area (Å²) in [5.41, 5.74) is -0.808. The zero-order valence-electron chi connectivity index (χ0n) is 13.4. The normalized spacial score (nSPS) is 13.6. The quantitative estimate of drug-likeness (QED) is 0.710. The van der Waals surface area contributed by atoms with Crippen molar-refractivity contribution in [2.24, 2.45) is 0 Å². The lowest BCUT2D eigenvalue weighted by molar-refractivity contribution is 0.245. The van der Waals surface area contributed by atoms with Crippen molar-refractivity contribution in [1.29, 1.82) is 0 Å². The van der Waals surface area contributed by atoms with Crippen LogP contribution in [0.5, 0.6) is 0 Å². The second-order valence-corrected chi connectivity index (χ2v) is 8.40. The van der Waals surface area contributed by atoms with Crippen molar-refractivity contribution in [3.63, 3.8) is 0 Å². The predicted octanol–water partition coefficient (Wildman–Crippen LogP) is 1.61. The van der Waals surface area contributed by atoms with Gasteiger partial charge in [0.1, 0.15) is 5.76 Å². The Bertz CT molecular complexity index is 556. The molecule has 1 aromatic rings. The van der Waals surface area contributed by atoms with E-state index in [1.54, 1.807) is 19.9 Å². The highest BCUT2D eigenvalue weighted by Crippen LogP contribution is 2.18. The third kappa shape index (κ3) is 6.17. The van der Waals surface area contributed by atoms with Crippen LogP contribution in [0, 0.1) is 0 Å². The Kier molecular flexibility index (Phi) is 5.60. The Balaban J connectivity index is 2.79. The van der Waals surface area contributed by atoms with Crippen LogP contribution in [-0.2, 0) is 16.6 Å². The van der Waals surface area contributed by atoms with Crippen LogP contribution in [0.15, 0.2) is 21.6 Å². The predicted molar refractivity (Wildman–Crippen MR) is 81.4 cm³/mol. The minimum Gasteiger partial charge on any atom is -0.447 e. The number of nitrogens with one attached hydrogen (secondary N) is 2. The molecule has 6 nitrogen and oxygen atoms in total. The molecule has 0 bridgehead atoms. The molecule has 122 valence electrons. The Morgan fingerprint density at radius 1 is 1.19 bits per heavy atom. The van der Waals surface area contributed by atoms with Gasteiger partial charge in [0.25, 0.3) is 10.0 Å². The van der Waals surface area contributed by atoms with E-state index in [2.05, 4.69) is 10.0 Å². The molecular weight excluding hydrogens is 292 g/mol. The summed E-state index contributed by atoms with van der Waals surface area (Å²) >= 11 is 0. The van der Waals surface area contributed by atoms with Gasteiger partial charge in [-0.3, -0.25) is 0 Å². The van der Waals surface area contributed by atoms with Gasteiger partial charge in [-0.05, 0) is 53.2 Å². The van der Waals surface area contributed by atoms with E-state index < -0.39 is 15.6 Å². The first-order chi connectivity index (χ1) is 9.45. The first kappa shape index (κ1) is 18.2. The molecule has 0 aliphatic heterocycles. The third-order valence-electron chi connectivity index (χ3n) is 2.84. The smallest absolute Gasteiger partial charge is 0.274 e. The van der Waals surface area contributed by atoms with Crippen molar-refractivity contribution in [2.75, 3.05) is 6.61 Å². The first-order valence-corrected chi connectivity index (χ1v) is 8.42. The molecule has 0 atom stereocenters. The summed E-state index contributed by atoms with van der Waals surface area (Å²) in [7, 11) is -3.73. The van der Waals surface area contributed by atoms with E-state index in [-0.39, 0.29) is 17.2 Å². The molecule has 0 aliphatic rings. The Hall–Kier alpha value is -0.890. The van der Waals surface area contributed by atoms with Gasteiger partial charge in [-0.1, -0.05) is 0 Å². The van der Waals surface area contributed by atoms with E-state index in [0.29, 0.717) is 18.7 Å². The highest BCUT2D eigenvalue weighted by molar-refractivity contribution is 7.89.